The number of nitrogens with zero attached hydrogens (tertiary/aromatic N) is 1. The van der Waals surface area contributed by atoms with Crippen molar-refractivity contribution >= 4 is 74.8 Å². The summed E-state index contributed by atoms with van der Waals surface area (Å²) < 4.78 is 6.13. The fourth-order valence-electron chi connectivity index (χ4n) is 4.35. The van der Waals surface area contributed by atoms with Gasteiger partial charge in [-0.15, -0.1) is 0 Å². The number of hydrogen-bond acceptors (Lipinski definition) is 4. The van der Waals surface area contributed by atoms with Crippen LogP contribution in [0.15, 0.2) is 84.9 Å². The number of carbonyl (C=O) groups is 2. The number of benzene rings is 4. The van der Waals surface area contributed by atoms with Crippen molar-refractivity contribution in [3.63, 3.8) is 0 Å². The van der Waals surface area contributed by atoms with E-state index in [4.69, 9.17) is 62.7 Å². The summed E-state index contributed by atoms with van der Waals surface area (Å²) >= 11 is 28.4. The second-order valence-electron chi connectivity index (χ2n) is 9.77. The minimum absolute atomic E-state index is 0.261. The van der Waals surface area contributed by atoms with Crippen LogP contribution in [0.3, 0.4) is 0 Å². The van der Waals surface area contributed by atoms with Crippen LogP contribution in [0.4, 0.5) is 5.69 Å². The zero-order chi connectivity index (χ0) is 30.2. The lowest BCUT2D eigenvalue weighted by Gasteiger charge is -2.29. The Balaban J connectivity index is 0.000000310. The molecule has 1 heterocycles. The molecule has 1 saturated heterocycles. The minimum Gasteiger partial charge on any atom is -0.490 e. The van der Waals surface area contributed by atoms with Crippen molar-refractivity contribution in [1.29, 1.82) is 0 Å². The highest BCUT2D eigenvalue weighted by atomic mass is 35.5. The molecule has 4 aromatic rings. The lowest BCUT2D eigenvalue weighted by Crippen LogP contribution is -2.35. The van der Waals surface area contributed by atoms with Crippen molar-refractivity contribution < 1.29 is 14.3 Å². The number of halogens is 5. The SMILES string of the molecule is CN1CCC(Oc2ccc(-c3cccc(NC(=O)c4cc(Cl)cc(Cl)c4)c3)cc2)CC1.O=C(Cl)c1cc(Cl)cc(Cl)c1. The number of amides is 1. The van der Waals surface area contributed by atoms with Gasteiger partial charge in [0.25, 0.3) is 11.1 Å². The Morgan fingerprint density at radius 2 is 1.29 bits per heavy atom. The highest BCUT2D eigenvalue weighted by Crippen LogP contribution is 2.27. The molecule has 0 spiro atoms. The molecule has 0 aromatic heterocycles. The first-order chi connectivity index (χ1) is 20.0. The molecule has 5 nitrogen and oxygen atoms in total. The molecule has 0 bridgehead atoms. The van der Waals surface area contributed by atoms with Crippen LogP contribution in [0.1, 0.15) is 33.6 Å². The minimum atomic E-state index is -0.561. The molecule has 1 amide bonds. The van der Waals surface area contributed by atoms with Gasteiger partial charge >= 0.3 is 0 Å². The molecule has 1 aliphatic heterocycles. The average molecular weight is 665 g/mol. The second-order valence-corrected chi connectivity index (χ2v) is 11.9. The van der Waals surface area contributed by atoms with Gasteiger partial charge in [-0.05, 0) is 103 Å². The van der Waals surface area contributed by atoms with Gasteiger partial charge in [-0.3, -0.25) is 9.59 Å². The van der Waals surface area contributed by atoms with Gasteiger partial charge in [-0.2, -0.15) is 0 Å². The summed E-state index contributed by atoms with van der Waals surface area (Å²) in [5.41, 5.74) is 3.48. The number of likely N-dealkylation sites (tertiary alicyclic amines) is 1. The standard InChI is InChI=1S/C25H24Cl2N2O2.C7H3Cl3O/c1-29-11-9-24(10-12-29)31-23-7-5-17(6-8-23)18-3-2-4-22(15-18)28-25(30)19-13-20(26)16-21(27)14-19;8-5-1-4(7(10)11)2-6(9)3-5/h2-8,13-16,24H,9-12H2,1H3,(H,28,30);1-3H. The Kier molecular flexibility index (Phi) is 11.6. The summed E-state index contributed by atoms with van der Waals surface area (Å²) in [5.74, 6) is 0.629. The van der Waals surface area contributed by atoms with Crippen molar-refractivity contribution in [3.8, 4) is 16.9 Å². The molecule has 5 rings (SSSR count). The van der Waals surface area contributed by atoms with Crippen LogP contribution in [-0.2, 0) is 0 Å². The van der Waals surface area contributed by atoms with E-state index >= 15 is 0 Å². The van der Waals surface area contributed by atoms with Gasteiger partial charge in [0.05, 0.1) is 0 Å². The van der Waals surface area contributed by atoms with Crippen LogP contribution in [0.5, 0.6) is 5.75 Å². The Bertz CT molecular complexity index is 1510. The predicted molar refractivity (Wildman–Crippen MR) is 174 cm³/mol. The summed E-state index contributed by atoms with van der Waals surface area (Å²) in [4.78, 5) is 25.5. The fourth-order valence-corrected chi connectivity index (χ4v) is 5.51. The van der Waals surface area contributed by atoms with E-state index in [1.54, 1.807) is 18.2 Å². The third kappa shape index (κ3) is 9.63. The van der Waals surface area contributed by atoms with Crippen LogP contribution < -0.4 is 10.1 Å². The molecule has 0 saturated carbocycles. The average Bonchev–Trinajstić information content (AvgIpc) is 2.94. The van der Waals surface area contributed by atoms with Gasteiger partial charge in [-0.25, -0.2) is 0 Å². The number of anilines is 1. The van der Waals surface area contributed by atoms with Gasteiger partial charge in [0.2, 0.25) is 0 Å². The normalized spacial score (nSPS) is 13.6. The maximum atomic E-state index is 12.6. The lowest BCUT2D eigenvalue weighted by molar-refractivity contribution is 0.102. The molecule has 1 aliphatic rings. The molecule has 0 unspecified atom stereocenters. The van der Waals surface area contributed by atoms with Crippen LogP contribution in [0.25, 0.3) is 11.1 Å². The van der Waals surface area contributed by atoms with E-state index in [0.29, 0.717) is 36.9 Å². The van der Waals surface area contributed by atoms with Crippen LogP contribution in [-0.4, -0.2) is 42.3 Å². The van der Waals surface area contributed by atoms with E-state index in [0.717, 1.165) is 42.8 Å². The largest absolute Gasteiger partial charge is 0.490 e. The van der Waals surface area contributed by atoms with E-state index < -0.39 is 5.24 Å². The van der Waals surface area contributed by atoms with Gasteiger partial charge in [0, 0.05) is 50.0 Å². The number of ether oxygens (including phenoxy) is 1. The lowest BCUT2D eigenvalue weighted by atomic mass is 10.0. The molecule has 0 aliphatic carbocycles. The van der Waals surface area contributed by atoms with E-state index in [1.165, 1.54) is 18.2 Å². The quantitative estimate of drug-likeness (QED) is 0.209. The topological polar surface area (TPSA) is 58.6 Å². The molecular weight excluding hydrogens is 638 g/mol. The highest BCUT2D eigenvalue weighted by Gasteiger charge is 2.18. The third-order valence-corrected chi connectivity index (χ3v) is 7.58. The smallest absolute Gasteiger partial charge is 0.255 e. The third-order valence-electron chi connectivity index (χ3n) is 6.49. The van der Waals surface area contributed by atoms with Gasteiger partial charge < -0.3 is 15.0 Å². The zero-order valence-electron chi connectivity index (χ0n) is 22.6. The molecule has 0 radical (unpaired) electrons. The van der Waals surface area contributed by atoms with E-state index in [2.05, 4.69) is 17.3 Å². The Morgan fingerprint density at radius 1 is 0.738 bits per heavy atom. The molecule has 4 aromatic carbocycles. The second kappa shape index (κ2) is 15.1. The number of nitrogens with one attached hydrogen (secondary N) is 1. The number of hydrogen-bond donors (Lipinski definition) is 1. The van der Waals surface area contributed by atoms with Crippen LogP contribution in [0, 0.1) is 0 Å². The first-order valence-electron chi connectivity index (χ1n) is 13.0. The van der Waals surface area contributed by atoms with Crippen molar-refractivity contribution in [2.24, 2.45) is 0 Å². The fraction of sp³-hybridized carbons (Fsp3) is 0.188. The Labute approximate surface area is 270 Å². The van der Waals surface area contributed by atoms with Crippen LogP contribution in [0.2, 0.25) is 20.1 Å². The van der Waals surface area contributed by atoms with Gasteiger partial charge in [0.1, 0.15) is 11.9 Å². The summed E-state index contributed by atoms with van der Waals surface area (Å²) in [6, 6.07) is 25.1. The van der Waals surface area contributed by atoms with Gasteiger partial charge in [-0.1, -0.05) is 70.7 Å². The van der Waals surface area contributed by atoms with Crippen molar-refractivity contribution in [2.75, 3.05) is 25.5 Å². The van der Waals surface area contributed by atoms with E-state index in [1.807, 2.05) is 48.5 Å². The monoisotopic (exact) mass is 662 g/mol. The Morgan fingerprint density at radius 3 is 1.83 bits per heavy atom. The zero-order valence-corrected chi connectivity index (χ0v) is 26.3. The van der Waals surface area contributed by atoms with Crippen LogP contribution >= 0.6 is 58.0 Å². The first-order valence-corrected chi connectivity index (χ1v) is 14.9. The molecular formula is C32H27Cl5N2O3. The molecule has 0 atom stereocenters. The van der Waals surface area contributed by atoms with Gasteiger partial charge in [0.15, 0.2) is 0 Å². The highest BCUT2D eigenvalue weighted by molar-refractivity contribution is 6.68. The van der Waals surface area contributed by atoms with E-state index in [9.17, 15) is 9.59 Å². The maximum absolute atomic E-state index is 12.6. The molecule has 1 fully saturated rings. The molecule has 42 heavy (non-hydrogen) atoms. The maximum Gasteiger partial charge on any atom is 0.255 e. The summed E-state index contributed by atoms with van der Waals surface area (Å²) in [7, 11) is 2.14. The van der Waals surface area contributed by atoms with E-state index in [-0.39, 0.29) is 12.0 Å². The molecule has 10 heteroatoms. The summed E-state index contributed by atoms with van der Waals surface area (Å²) in [5, 5.41) is 4.00. The molecule has 1 N–H and O–H groups in total. The Hall–Kier alpha value is -2.77. The van der Waals surface area contributed by atoms with Crippen molar-refractivity contribution in [3.05, 3.63) is 116 Å². The number of piperidine rings is 1. The predicted octanol–water partition coefficient (Wildman–Crippen LogP) is 9.76. The number of rotatable bonds is 6. The summed E-state index contributed by atoms with van der Waals surface area (Å²) in [6.07, 6.45) is 2.39. The molecule has 218 valence electrons. The van der Waals surface area contributed by atoms with Crippen molar-refractivity contribution in [2.45, 2.75) is 18.9 Å². The number of carbonyl (C=O) groups excluding carboxylic acids is 2. The summed E-state index contributed by atoms with van der Waals surface area (Å²) in [6.45, 7) is 2.14. The van der Waals surface area contributed by atoms with Crippen molar-refractivity contribution in [1.82, 2.24) is 4.90 Å². The first kappa shape index (κ1) is 32.2.